The summed E-state index contributed by atoms with van der Waals surface area (Å²) in [5, 5.41) is 4.15. The van der Waals surface area contributed by atoms with Gasteiger partial charge in [-0.05, 0) is 54.9 Å². The van der Waals surface area contributed by atoms with E-state index in [1.165, 1.54) is 11.1 Å². The third kappa shape index (κ3) is 3.40. The highest BCUT2D eigenvalue weighted by molar-refractivity contribution is 9.11. The van der Waals surface area contributed by atoms with Crippen LogP contribution in [0.4, 0.5) is 0 Å². The first-order chi connectivity index (χ1) is 9.02. The molecule has 1 N–H and O–H groups in total. The molecule has 0 saturated carbocycles. The standard InChI is InChI=1S/C15H14Br2ClN/c1-9-7-10(3-6-14(9)18)15(19-2)12-8-11(16)4-5-13(12)17/h3-8,15,19H,1-2H3. The van der Waals surface area contributed by atoms with Gasteiger partial charge in [-0.3, -0.25) is 0 Å². The SMILES string of the molecule is CNC(c1ccc(Cl)c(C)c1)c1cc(Br)ccc1Br. The van der Waals surface area contributed by atoms with E-state index in [1.54, 1.807) is 0 Å². The minimum absolute atomic E-state index is 0.128. The molecule has 1 nitrogen and oxygen atoms in total. The maximum Gasteiger partial charge on any atom is 0.0585 e. The Labute approximate surface area is 135 Å². The molecule has 0 radical (unpaired) electrons. The lowest BCUT2D eigenvalue weighted by Gasteiger charge is -2.20. The maximum atomic E-state index is 6.09. The van der Waals surface area contributed by atoms with Crippen LogP contribution in [0.5, 0.6) is 0 Å². The number of benzene rings is 2. The molecule has 4 heteroatoms. The third-order valence-electron chi connectivity index (χ3n) is 3.07. The van der Waals surface area contributed by atoms with Crippen molar-refractivity contribution in [3.63, 3.8) is 0 Å². The second-order valence-electron chi connectivity index (χ2n) is 4.40. The molecule has 100 valence electrons. The van der Waals surface area contributed by atoms with E-state index in [1.807, 2.05) is 32.2 Å². The molecule has 0 heterocycles. The molecule has 0 aliphatic heterocycles. The summed E-state index contributed by atoms with van der Waals surface area (Å²) in [6, 6.07) is 12.4. The first kappa shape index (κ1) is 15.0. The van der Waals surface area contributed by atoms with Crippen molar-refractivity contribution in [2.45, 2.75) is 13.0 Å². The lowest BCUT2D eigenvalue weighted by Crippen LogP contribution is -2.18. The van der Waals surface area contributed by atoms with Gasteiger partial charge in [-0.1, -0.05) is 55.6 Å². The number of rotatable bonds is 3. The molecule has 2 rings (SSSR count). The summed E-state index contributed by atoms with van der Waals surface area (Å²) in [6.07, 6.45) is 0. The monoisotopic (exact) mass is 401 g/mol. The van der Waals surface area contributed by atoms with Gasteiger partial charge < -0.3 is 5.32 Å². The topological polar surface area (TPSA) is 12.0 Å². The molecule has 0 spiro atoms. The Kier molecular flexibility index (Phi) is 5.07. The van der Waals surface area contributed by atoms with E-state index in [9.17, 15) is 0 Å². The molecule has 19 heavy (non-hydrogen) atoms. The van der Waals surface area contributed by atoms with Crippen molar-refractivity contribution in [2.24, 2.45) is 0 Å². The molecule has 0 fully saturated rings. The second-order valence-corrected chi connectivity index (χ2v) is 6.57. The Hall–Kier alpha value is -0.350. The van der Waals surface area contributed by atoms with Gasteiger partial charge in [-0.25, -0.2) is 0 Å². The Balaban J connectivity index is 2.49. The summed E-state index contributed by atoms with van der Waals surface area (Å²) in [4.78, 5) is 0. The molecule has 1 atom stereocenters. The van der Waals surface area contributed by atoms with E-state index in [0.717, 1.165) is 19.5 Å². The van der Waals surface area contributed by atoms with Gasteiger partial charge in [-0.2, -0.15) is 0 Å². The number of hydrogen-bond donors (Lipinski definition) is 1. The highest BCUT2D eigenvalue weighted by atomic mass is 79.9. The number of aryl methyl sites for hydroxylation is 1. The predicted molar refractivity (Wildman–Crippen MR) is 88.9 cm³/mol. The van der Waals surface area contributed by atoms with Gasteiger partial charge in [0.2, 0.25) is 0 Å². The van der Waals surface area contributed by atoms with Crippen LogP contribution < -0.4 is 5.32 Å². The van der Waals surface area contributed by atoms with Gasteiger partial charge in [-0.15, -0.1) is 0 Å². The van der Waals surface area contributed by atoms with Crippen LogP contribution in [0.1, 0.15) is 22.7 Å². The molecule has 2 aromatic carbocycles. The fourth-order valence-corrected chi connectivity index (χ4v) is 3.06. The molecule has 0 bridgehead atoms. The van der Waals surface area contributed by atoms with Crippen LogP contribution in [0, 0.1) is 6.92 Å². The molecule has 1 unspecified atom stereocenters. The number of nitrogens with one attached hydrogen (secondary N) is 1. The summed E-state index contributed by atoms with van der Waals surface area (Å²) in [7, 11) is 1.96. The largest absolute Gasteiger partial charge is 0.309 e. The molecule has 0 aromatic heterocycles. The van der Waals surface area contributed by atoms with E-state index >= 15 is 0 Å². The second kappa shape index (κ2) is 6.40. The summed E-state index contributed by atoms with van der Waals surface area (Å²) in [5.41, 5.74) is 3.48. The van der Waals surface area contributed by atoms with Crippen LogP contribution in [0.25, 0.3) is 0 Å². The first-order valence-corrected chi connectivity index (χ1v) is 7.87. The fraction of sp³-hybridized carbons (Fsp3) is 0.200. The van der Waals surface area contributed by atoms with Gasteiger partial charge in [0, 0.05) is 14.0 Å². The Morgan fingerprint density at radius 2 is 1.84 bits per heavy atom. The normalized spacial score (nSPS) is 12.5. The molecule has 0 amide bonds. The molecule has 0 saturated heterocycles. The van der Waals surface area contributed by atoms with Crippen molar-refractivity contribution < 1.29 is 0 Å². The van der Waals surface area contributed by atoms with Crippen LogP contribution >= 0.6 is 43.5 Å². The van der Waals surface area contributed by atoms with Gasteiger partial charge >= 0.3 is 0 Å². The zero-order chi connectivity index (χ0) is 14.0. The average molecular weight is 404 g/mol. The minimum Gasteiger partial charge on any atom is -0.309 e. The lowest BCUT2D eigenvalue weighted by atomic mass is 9.97. The lowest BCUT2D eigenvalue weighted by molar-refractivity contribution is 0.688. The van der Waals surface area contributed by atoms with Crippen LogP contribution in [0.2, 0.25) is 5.02 Å². The van der Waals surface area contributed by atoms with Gasteiger partial charge in [0.1, 0.15) is 0 Å². The van der Waals surface area contributed by atoms with Crippen molar-refractivity contribution in [1.82, 2.24) is 5.32 Å². The zero-order valence-electron chi connectivity index (χ0n) is 10.7. The van der Waals surface area contributed by atoms with Crippen molar-refractivity contribution >= 4 is 43.5 Å². The van der Waals surface area contributed by atoms with Crippen molar-refractivity contribution in [3.05, 3.63) is 67.1 Å². The predicted octanol–water partition coefficient (Wildman–Crippen LogP) is 5.48. The minimum atomic E-state index is 0.128. The van der Waals surface area contributed by atoms with Gasteiger partial charge in [0.05, 0.1) is 6.04 Å². The Morgan fingerprint density at radius 1 is 1.11 bits per heavy atom. The Bertz CT molecular complexity index is 599. The quantitative estimate of drug-likeness (QED) is 0.715. The van der Waals surface area contributed by atoms with E-state index in [0.29, 0.717) is 0 Å². The summed E-state index contributed by atoms with van der Waals surface area (Å²) in [6.45, 7) is 2.02. The van der Waals surface area contributed by atoms with Gasteiger partial charge in [0.25, 0.3) is 0 Å². The van der Waals surface area contributed by atoms with E-state index in [2.05, 4.69) is 55.4 Å². The molecular formula is C15H14Br2ClN. The van der Waals surface area contributed by atoms with Crippen LogP contribution in [-0.2, 0) is 0 Å². The number of halogens is 3. The van der Waals surface area contributed by atoms with Crippen LogP contribution in [0.3, 0.4) is 0 Å². The average Bonchev–Trinajstić information content (AvgIpc) is 2.38. The number of hydrogen-bond acceptors (Lipinski definition) is 1. The molecule has 2 aromatic rings. The smallest absolute Gasteiger partial charge is 0.0585 e. The summed E-state index contributed by atoms with van der Waals surface area (Å²) < 4.78 is 2.15. The molecule has 0 aliphatic carbocycles. The molecule has 0 aliphatic rings. The highest BCUT2D eigenvalue weighted by Crippen LogP contribution is 2.32. The van der Waals surface area contributed by atoms with E-state index < -0.39 is 0 Å². The Morgan fingerprint density at radius 3 is 2.47 bits per heavy atom. The third-order valence-corrected chi connectivity index (χ3v) is 4.71. The molecular weight excluding hydrogens is 389 g/mol. The zero-order valence-corrected chi connectivity index (χ0v) is 14.6. The van der Waals surface area contributed by atoms with E-state index in [4.69, 9.17) is 11.6 Å². The highest BCUT2D eigenvalue weighted by Gasteiger charge is 2.16. The summed E-state index contributed by atoms with van der Waals surface area (Å²) in [5.74, 6) is 0. The maximum absolute atomic E-state index is 6.09. The first-order valence-electron chi connectivity index (χ1n) is 5.91. The van der Waals surface area contributed by atoms with Crippen LogP contribution in [-0.4, -0.2) is 7.05 Å². The van der Waals surface area contributed by atoms with Crippen LogP contribution in [0.15, 0.2) is 45.3 Å². The van der Waals surface area contributed by atoms with E-state index in [-0.39, 0.29) is 6.04 Å². The fourth-order valence-electron chi connectivity index (χ4n) is 2.09. The summed E-state index contributed by atoms with van der Waals surface area (Å²) >= 11 is 13.2. The van der Waals surface area contributed by atoms with Crippen molar-refractivity contribution in [2.75, 3.05) is 7.05 Å². The van der Waals surface area contributed by atoms with Gasteiger partial charge in [0.15, 0.2) is 0 Å². The van der Waals surface area contributed by atoms with Crippen molar-refractivity contribution in [3.8, 4) is 0 Å². The van der Waals surface area contributed by atoms with Crippen molar-refractivity contribution in [1.29, 1.82) is 0 Å².